The SMILES string of the molecule is N#Cc1cc(CNCCC2CCCCO2)ccc1F. The lowest BCUT2D eigenvalue weighted by Crippen LogP contribution is -2.25. The van der Waals surface area contributed by atoms with Gasteiger partial charge in [0.2, 0.25) is 0 Å². The third-order valence-corrected chi connectivity index (χ3v) is 3.40. The van der Waals surface area contributed by atoms with E-state index in [1.165, 1.54) is 18.9 Å². The van der Waals surface area contributed by atoms with Crippen LogP contribution in [0.4, 0.5) is 4.39 Å². The molecule has 1 unspecified atom stereocenters. The zero-order valence-corrected chi connectivity index (χ0v) is 11.0. The largest absolute Gasteiger partial charge is 0.378 e. The van der Waals surface area contributed by atoms with Gasteiger partial charge in [-0.15, -0.1) is 0 Å². The van der Waals surface area contributed by atoms with Gasteiger partial charge >= 0.3 is 0 Å². The zero-order chi connectivity index (χ0) is 13.5. The minimum Gasteiger partial charge on any atom is -0.378 e. The summed E-state index contributed by atoms with van der Waals surface area (Å²) in [6, 6.07) is 6.51. The third kappa shape index (κ3) is 4.30. The molecule has 1 saturated heterocycles. The third-order valence-electron chi connectivity index (χ3n) is 3.40. The molecule has 1 fully saturated rings. The van der Waals surface area contributed by atoms with Crippen molar-refractivity contribution in [3.05, 3.63) is 35.1 Å². The quantitative estimate of drug-likeness (QED) is 0.830. The lowest BCUT2D eigenvalue weighted by molar-refractivity contribution is 0.0115. The van der Waals surface area contributed by atoms with Gasteiger partial charge in [0.25, 0.3) is 0 Å². The number of nitrogens with zero attached hydrogens (tertiary/aromatic N) is 1. The van der Waals surface area contributed by atoms with Crippen LogP contribution in [0.25, 0.3) is 0 Å². The molecule has 4 heteroatoms. The molecular weight excluding hydrogens is 243 g/mol. The maximum atomic E-state index is 13.1. The average Bonchev–Trinajstić information content (AvgIpc) is 2.46. The highest BCUT2D eigenvalue weighted by molar-refractivity contribution is 5.34. The Labute approximate surface area is 113 Å². The number of ether oxygens (including phenoxy) is 1. The number of hydrogen-bond donors (Lipinski definition) is 1. The molecule has 1 aliphatic heterocycles. The summed E-state index contributed by atoms with van der Waals surface area (Å²) in [5, 5.41) is 12.1. The first-order valence-corrected chi connectivity index (χ1v) is 6.80. The van der Waals surface area contributed by atoms with Gasteiger partial charge in [-0.05, 0) is 49.9 Å². The smallest absolute Gasteiger partial charge is 0.140 e. The molecule has 0 radical (unpaired) electrons. The lowest BCUT2D eigenvalue weighted by Gasteiger charge is -2.22. The number of halogens is 1. The van der Waals surface area contributed by atoms with Crippen molar-refractivity contribution in [1.29, 1.82) is 5.26 Å². The van der Waals surface area contributed by atoms with Crippen molar-refractivity contribution >= 4 is 0 Å². The van der Waals surface area contributed by atoms with Crippen LogP contribution in [-0.4, -0.2) is 19.3 Å². The second-order valence-corrected chi connectivity index (χ2v) is 4.88. The molecule has 0 aromatic heterocycles. The summed E-state index contributed by atoms with van der Waals surface area (Å²) in [6.07, 6.45) is 4.97. The summed E-state index contributed by atoms with van der Waals surface area (Å²) >= 11 is 0. The van der Waals surface area contributed by atoms with Gasteiger partial charge in [0, 0.05) is 13.2 Å². The van der Waals surface area contributed by atoms with E-state index in [4.69, 9.17) is 10.00 Å². The molecule has 1 aromatic carbocycles. The van der Waals surface area contributed by atoms with Crippen molar-refractivity contribution in [1.82, 2.24) is 5.32 Å². The van der Waals surface area contributed by atoms with Gasteiger partial charge in [-0.3, -0.25) is 0 Å². The van der Waals surface area contributed by atoms with Gasteiger partial charge in [0.15, 0.2) is 0 Å². The molecule has 1 heterocycles. The Balaban J connectivity index is 1.72. The first kappa shape index (κ1) is 14.0. The molecule has 0 spiro atoms. The summed E-state index contributed by atoms with van der Waals surface area (Å²) in [5.74, 6) is -0.457. The van der Waals surface area contributed by atoms with Gasteiger partial charge in [-0.1, -0.05) is 6.07 Å². The van der Waals surface area contributed by atoms with Crippen molar-refractivity contribution < 1.29 is 9.13 Å². The van der Waals surface area contributed by atoms with Crippen LogP contribution >= 0.6 is 0 Å². The van der Waals surface area contributed by atoms with E-state index in [-0.39, 0.29) is 5.56 Å². The van der Waals surface area contributed by atoms with Gasteiger partial charge in [-0.25, -0.2) is 4.39 Å². The molecule has 0 saturated carbocycles. The topological polar surface area (TPSA) is 45.0 Å². The van der Waals surface area contributed by atoms with Gasteiger partial charge in [0.1, 0.15) is 11.9 Å². The van der Waals surface area contributed by atoms with Crippen molar-refractivity contribution in [3.63, 3.8) is 0 Å². The van der Waals surface area contributed by atoms with E-state index < -0.39 is 5.82 Å². The first-order valence-electron chi connectivity index (χ1n) is 6.80. The predicted molar refractivity (Wildman–Crippen MR) is 71.0 cm³/mol. The summed E-state index contributed by atoms with van der Waals surface area (Å²) in [7, 11) is 0. The minimum atomic E-state index is -0.457. The van der Waals surface area contributed by atoms with E-state index in [2.05, 4.69) is 5.32 Å². The second kappa shape index (κ2) is 7.22. The highest BCUT2D eigenvalue weighted by Crippen LogP contribution is 2.15. The van der Waals surface area contributed by atoms with Crippen LogP contribution in [0.2, 0.25) is 0 Å². The number of nitrogens with one attached hydrogen (secondary N) is 1. The number of rotatable bonds is 5. The summed E-state index contributed by atoms with van der Waals surface area (Å²) in [5.41, 5.74) is 1.04. The van der Waals surface area contributed by atoms with Crippen LogP contribution in [0, 0.1) is 17.1 Å². The van der Waals surface area contributed by atoms with Crippen LogP contribution < -0.4 is 5.32 Å². The summed E-state index contributed by atoms with van der Waals surface area (Å²) in [6.45, 7) is 2.42. The Morgan fingerprint density at radius 2 is 2.32 bits per heavy atom. The highest BCUT2D eigenvalue weighted by atomic mass is 19.1. The summed E-state index contributed by atoms with van der Waals surface area (Å²) < 4.78 is 18.8. The molecule has 2 rings (SSSR count). The number of nitriles is 1. The Morgan fingerprint density at radius 3 is 3.05 bits per heavy atom. The molecule has 19 heavy (non-hydrogen) atoms. The van der Waals surface area contributed by atoms with Crippen LogP contribution in [-0.2, 0) is 11.3 Å². The Bertz CT molecular complexity index is 450. The van der Waals surface area contributed by atoms with E-state index in [0.29, 0.717) is 12.6 Å². The Kier molecular flexibility index (Phi) is 5.31. The minimum absolute atomic E-state index is 0.106. The van der Waals surface area contributed by atoms with E-state index in [1.54, 1.807) is 12.1 Å². The molecule has 1 atom stereocenters. The average molecular weight is 262 g/mol. The van der Waals surface area contributed by atoms with E-state index in [1.807, 2.05) is 6.07 Å². The van der Waals surface area contributed by atoms with Gasteiger partial charge in [0.05, 0.1) is 11.7 Å². The fourth-order valence-electron chi connectivity index (χ4n) is 2.30. The second-order valence-electron chi connectivity index (χ2n) is 4.88. The monoisotopic (exact) mass is 262 g/mol. The zero-order valence-electron chi connectivity index (χ0n) is 11.0. The fourth-order valence-corrected chi connectivity index (χ4v) is 2.30. The van der Waals surface area contributed by atoms with Crippen molar-refractivity contribution in [3.8, 4) is 6.07 Å². The first-order chi connectivity index (χ1) is 9.29. The van der Waals surface area contributed by atoms with Gasteiger partial charge < -0.3 is 10.1 Å². The number of benzene rings is 1. The molecule has 0 amide bonds. The fraction of sp³-hybridized carbons (Fsp3) is 0.533. The van der Waals surface area contributed by atoms with Crippen LogP contribution in [0.1, 0.15) is 36.8 Å². The molecule has 102 valence electrons. The molecule has 1 aromatic rings. The maximum absolute atomic E-state index is 13.1. The normalized spacial score (nSPS) is 19.1. The molecule has 1 N–H and O–H groups in total. The van der Waals surface area contributed by atoms with Crippen molar-refractivity contribution in [2.45, 2.75) is 38.3 Å². The van der Waals surface area contributed by atoms with Crippen LogP contribution in [0.15, 0.2) is 18.2 Å². The van der Waals surface area contributed by atoms with Crippen LogP contribution in [0.5, 0.6) is 0 Å². The highest BCUT2D eigenvalue weighted by Gasteiger charge is 2.12. The van der Waals surface area contributed by atoms with E-state index in [0.717, 1.165) is 31.6 Å². The standard InChI is InChI=1S/C15H19FN2O/c16-15-5-4-12(9-13(15)10-17)11-18-7-6-14-3-1-2-8-19-14/h4-5,9,14,18H,1-3,6-8,11H2. The summed E-state index contributed by atoms with van der Waals surface area (Å²) in [4.78, 5) is 0. The Morgan fingerprint density at radius 1 is 1.42 bits per heavy atom. The predicted octanol–water partition coefficient (Wildman–Crippen LogP) is 2.75. The van der Waals surface area contributed by atoms with Crippen molar-refractivity contribution in [2.24, 2.45) is 0 Å². The molecule has 0 bridgehead atoms. The number of hydrogen-bond acceptors (Lipinski definition) is 3. The molecule has 0 aliphatic carbocycles. The van der Waals surface area contributed by atoms with Crippen LogP contribution in [0.3, 0.4) is 0 Å². The van der Waals surface area contributed by atoms with Gasteiger partial charge in [-0.2, -0.15) is 5.26 Å². The van der Waals surface area contributed by atoms with E-state index in [9.17, 15) is 4.39 Å². The maximum Gasteiger partial charge on any atom is 0.140 e. The molecular formula is C15H19FN2O. The van der Waals surface area contributed by atoms with Crippen molar-refractivity contribution in [2.75, 3.05) is 13.2 Å². The Hall–Kier alpha value is -1.44. The van der Waals surface area contributed by atoms with E-state index >= 15 is 0 Å². The molecule has 1 aliphatic rings. The lowest BCUT2D eigenvalue weighted by atomic mass is 10.1. The molecule has 3 nitrogen and oxygen atoms in total.